The summed E-state index contributed by atoms with van der Waals surface area (Å²) in [6.45, 7) is 31.1. The minimum Gasteiger partial charge on any atom is -0.0738 e. The van der Waals surface area contributed by atoms with Gasteiger partial charge in [-0.25, -0.2) is 0 Å². The molecule has 3 saturated carbocycles. The molecule has 194 valence electrons. The molecule has 4 aliphatic carbocycles. The Morgan fingerprint density at radius 1 is 0.818 bits per heavy atom. The van der Waals surface area contributed by atoms with Gasteiger partial charge in [0, 0.05) is 0 Å². The molecule has 0 radical (unpaired) electrons. The van der Waals surface area contributed by atoms with E-state index in [1.54, 1.807) is 12.0 Å². The van der Waals surface area contributed by atoms with Gasteiger partial charge in [-0.05, 0) is 110 Å². The van der Waals surface area contributed by atoms with Gasteiger partial charge in [-0.15, -0.1) is 0 Å². The first-order valence-electron chi connectivity index (χ1n) is 15.2. The zero-order chi connectivity index (χ0) is 25.4. The Morgan fingerprint density at radius 3 is 1.97 bits per heavy atom. The molecule has 0 saturated heterocycles. The fourth-order valence-corrected chi connectivity index (χ4v) is 9.37. The van der Waals surface area contributed by atoms with E-state index in [4.69, 9.17) is 0 Å². The van der Waals surface area contributed by atoms with Crippen LogP contribution in [0.15, 0.2) is 11.1 Å². The first kappa shape index (κ1) is 29.0. The largest absolute Gasteiger partial charge is 0.0738 e. The van der Waals surface area contributed by atoms with Crippen molar-refractivity contribution in [1.29, 1.82) is 0 Å². The van der Waals surface area contributed by atoms with Crippen LogP contribution in [0, 0.1) is 57.7 Å². The van der Waals surface area contributed by atoms with Gasteiger partial charge in [-0.2, -0.15) is 0 Å². The van der Waals surface area contributed by atoms with Crippen LogP contribution in [0.4, 0.5) is 0 Å². The average molecular weight is 459 g/mol. The monoisotopic (exact) mass is 458 g/mol. The van der Waals surface area contributed by atoms with Crippen LogP contribution in [0.5, 0.6) is 0 Å². The fourth-order valence-electron chi connectivity index (χ4n) is 9.37. The van der Waals surface area contributed by atoms with E-state index in [0.717, 1.165) is 41.4 Å². The molecule has 0 aromatic carbocycles. The first-order chi connectivity index (χ1) is 15.5. The van der Waals surface area contributed by atoms with E-state index in [1.807, 2.05) is 33.3 Å². The van der Waals surface area contributed by atoms with Crippen LogP contribution in [-0.2, 0) is 0 Å². The molecule has 0 bridgehead atoms. The van der Waals surface area contributed by atoms with Crippen LogP contribution in [0.3, 0.4) is 0 Å². The molecule has 9 unspecified atom stereocenters. The van der Waals surface area contributed by atoms with Gasteiger partial charge < -0.3 is 0 Å². The van der Waals surface area contributed by atoms with E-state index in [-0.39, 0.29) is 0 Å². The summed E-state index contributed by atoms with van der Waals surface area (Å²) in [7, 11) is 0. The van der Waals surface area contributed by atoms with Gasteiger partial charge in [0.15, 0.2) is 0 Å². The van der Waals surface area contributed by atoms with Gasteiger partial charge >= 0.3 is 0 Å². The lowest BCUT2D eigenvalue weighted by Gasteiger charge is -2.41. The van der Waals surface area contributed by atoms with E-state index in [9.17, 15) is 0 Å². The van der Waals surface area contributed by atoms with Crippen molar-refractivity contribution in [3.8, 4) is 0 Å². The Kier molecular flexibility index (Phi) is 9.47. The Hall–Kier alpha value is -0.260. The SMILES string of the molecule is CC.CC.CC1=C(C(C)C)CC2(C)C(C)C3CCC(C)C(C)CC(C)C(C)CC34CC24CC1. The van der Waals surface area contributed by atoms with Gasteiger partial charge in [0.25, 0.3) is 0 Å². The molecule has 4 aliphatic rings. The van der Waals surface area contributed by atoms with Gasteiger partial charge in [-0.3, -0.25) is 0 Å². The van der Waals surface area contributed by atoms with E-state index in [2.05, 4.69) is 62.3 Å². The second-order valence-electron chi connectivity index (χ2n) is 13.3. The van der Waals surface area contributed by atoms with Crippen molar-refractivity contribution in [2.75, 3.05) is 0 Å². The van der Waals surface area contributed by atoms with Crippen molar-refractivity contribution in [3.05, 3.63) is 11.1 Å². The molecule has 4 rings (SSSR count). The molecule has 0 aromatic rings. The van der Waals surface area contributed by atoms with E-state index in [1.165, 1.54) is 44.9 Å². The molecule has 3 fully saturated rings. The predicted molar refractivity (Wildman–Crippen MR) is 149 cm³/mol. The van der Waals surface area contributed by atoms with E-state index >= 15 is 0 Å². The van der Waals surface area contributed by atoms with Crippen LogP contribution in [-0.4, -0.2) is 0 Å². The quantitative estimate of drug-likeness (QED) is 0.343. The van der Waals surface area contributed by atoms with Crippen LogP contribution < -0.4 is 0 Å². The number of allylic oxidation sites excluding steroid dienone is 2. The molecule has 0 N–H and O–H groups in total. The van der Waals surface area contributed by atoms with Crippen molar-refractivity contribution in [3.63, 3.8) is 0 Å². The third-order valence-corrected chi connectivity index (χ3v) is 11.9. The Morgan fingerprint density at radius 2 is 1.39 bits per heavy atom. The number of rotatable bonds is 1. The van der Waals surface area contributed by atoms with Crippen molar-refractivity contribution in [2.45, 2.75) is 141 Å². The average Bonchev–Trinajstić information content (AvgIpc) is 3.44. The summed E-state index contributed by atoms with van der Waals surface area (Å²) in [5, 5.41) is 0. The summed E-state index contributed by atoms with van der Waals surface area (Å²) in [6, 6.07) is 0. The maximum absolute atomic E-state index is 2.75. The highest BCUT2D eigenvalue weighted by molar-refractivity contribution is 5.35. The predicted octanol–water partition coefficient (Wildman–Crippen LogP) is 11.0. The highest BCUT2D eigenvalue weighted by atomic mass is 14.9. The minimum absolute atomic E-state index is 0.529. The molecule has 0 aromatic heterocycles. The highest BCUT2D eigenvalue weighted by Crippen LogP contribution is 2.89. The van der Waals surface area contributed by atoms with Gasteiger partial charge in [0.2, 0.25) is 0 Å². The highest BCUT2D eigenvalue weighted by Gasteiger charge is 2.82. The summed E-state index contributed by atoms with van der Waals surface area (Å²) < 4.78 is 0. The maximum Gasteiger partial charge on any atom is -0.0170 e. The normalized spacial score (nSPS) is 47.1. The third kappa shape index (κ3) is 4.53. The van der Waals surface area contributed by atoms with Crippen molar-refractivity contribution in [1.82, 2.24) is 0 Å². The molecule has 0 aliphatic heterocycles. The Balaban J connectivity index is 0.000000914. The third-order valence-electron chi connectivity index (χ3n) is 11.9. The Labute approximate surface area is 210 Å². The molecule has 2 spiro atoms. The maximum atomic E-state index is 2.75. The molecule has 9 atom stereocenters. The summed E-state index contributed by atoms with van der Waals surface area (Å²) in [5.41, 5.74) is 5.41. The van der Waals surface area contributed by atoms with Crippen molar-refractivity contribution in [2.24, 2.45) is 57.7 Å². The molecule has 33 heavy (non-hydrogen) atoms. The zero-order valence-electron chi connectivity index (χ0n) is 25.2. The fraction of sp³-hybridized carbons (Fsp3) is 0.939. The van der Waals surface area contributed by atoms with Crippen LogP contribution in [0.2, 0.25) is 0 Å². The lowest BCUT2D eigenvalue weighted by atomic mass is 9.63. The second kappa shape index (κ2) is 10.8. The van der Waals surface area contributed by atoms with Crippen molar-refractivity contribution < 1.29 is 0 Å². The molecule has 0 nitrogen and oxygen atoms in total. The van der Waals surface area contributed by atoms with Crippen LogP contribution >= 0.6 is 0 Å². The smallest absolute Gasteiger partial charge is 0.0170 e. The standard InChI is InChI=1S/C29H50.2C2H6/c1-18(2)25-16-27(9)24(8)26-11-10-19(3)21(5)14-22(6)23(7)15-28(26)17-29(27,28)13-12-20(25)4;2*1-2/h18-19,21-24,26H,10-17H2,1-9H3;2*1-2H3. The molecule has 0 heterocycles. The second-order valence-corrected chi connectivity index (χ2v) is 13.3. The van der Waals surface area contributed by atoms with Crippen molar-refractivity contribution >= 4 is 0 Å². The topological polar surface area (TPSA) is 0 Å². The minimum atomic E-state index is 0.529. The Bertz CT molecular complexity index is 670. The summed E-state index contributed by atoms with van der Waals surface area (Å²) >= 11 is 0. The molecular formula is C33H62. The molecule has 0 heteroatoms. The van der Waals surface area contributed by atoms with Crippen LogP contribution in [0.25, 0.3) is 0 Å². The summed E-state index contributed by atoms with van der Waals surface area (Å²) in [6.07, 6.45) is 11.8. The lowest BCUT2D eigenvalue weighted by molar-refractivity contribution is 0.0938. The van der Waals surface area contributed by atoms with Gasteiger partial charge in [0.1, 0.15) is 0 Å². The van der Waals surface area contributed by atoms with Gasteiger partial charge in [0.05, 0.1) is 0 Å². The lowest BCUT2D eigenvalue weighted by Crippen LogP contribution is -2.34. The summed E-state index contributed by atoms with van der Waals surface area (Å²) in [5.74, 6) is 6.16. The summed E-state index contributed by atoms with van der Waals surface area (Å²) in [4.78, 5) is 0. The van der Waals surface area contributed by atoms with Gasteiger partial charge in [-0.1, -0.05) is 101 Å². The van der Waals surface area contributed by atoms with Crippen LogP contribution in [0.1, 0.15) is 141 Å². The van der Waals surface area contributed by atoms with E-state index in [0.29, 0.717) is 16.2 Å². The zero-order valence-corrected chi connectivity index (χ0v) is 25.2. The molecular weight excluding hydrogens is 396 g/mol. The molecule has 0 amide bonds. The number of hydrogen-bond donors (Lipinski definition) is 0. The number of hydrogen-bond acceptors (Lipinski definition) is 0. The first-order valence-corrected chi connectivity index (χ1v) is 15.2. The van der Waals surface area contributed by atoms with E-state index < -0.39 is 0 Å².